The van der Waals surface area contributed by atoms with E-state index in [9.17, 15) is 4.79 Å². The summed E-state index contributed by atoms with van der Waals surface area (Å²) in [5, 5.41) is 0. The fourth-order valence-electron chi connectivity index (χ4n) is 1.11. The van der Waals surface area contributed by atoms with Crippen molar-refractivity contribution >= 4 is 6.29 Å². The lowest BCUT2D eigenvalue weighted by Crippen LogP contribution is -2.13. The van der Waals surface area contributed by atoms with Gasteiger partial charge in [-0.15, -0.1) is 0 Å². The summed E-state index contributed by atoms with van der Waals surface area (Å²) in [6, 6.07) is 0. The maximum atomic E-state index is 9.87. The van der Waals surface area contributed by atoms with E-state index in [-0.39, 0.29) is 12.7 Å². The van der Waals surface area contributed by atoms with Crippen molar-refractivity contribution in [3.63, 3.8) is 0 Å². The van der Waals surface area contributed by atoms with Gasteiger partial charge in [-0.25, -0.2) is 0 Å². The fraction of sp³-hybridized carbons (Fsp3) is 0.889. The van der Waals surface area contributed by atoms with Crippen molar-refractivity contribution < 1.29 is 9.53 Å². The number of rotatable bonds is 7. The van der Waals surface area contributed by atoms with Gasteiger partial charge in [0.05, 0.1) is 6.10 Å². The van der Waals surface area contributed by atoms with Crippen molar-refractivity contribution in [2.45, 2.75) is 45.6 Å². The van der Waals surface area contributed by atoms with Crippen LogP contribution in [0.2, 0.25) is 0 Å². The van der Waals surface area contributed by atoms with Gasteiger partial charge in [0.25, 0.3) is 0 Å². The summed E-state index contributed by atoms with van der Waals surface area (Å²) in [4.78, 5) is 9.87. The molecule has 0 aliphatic carbocycles. The third kappa shape index (κ3) is 6.05. The Morgan fingerprint density at radius 1 is 1.27 bits per heavy atom. The number of hydrogen-bond acceptors (Lipinski definition) is 2. The minimum Gasteiger partial charge on any atom is -0.370 e. The molecule has 0 unspecified atom stereocenters. The molecule has 0 amide bonds. The van der Waals surface area contributed by atoms with Gasteiger partial charge in [-0.3, -0.25) is 4.79 Å². The third-order valence-electron chi connectivity index (χ3n) is 1.60. The Morgan fingerprint density at radius 3 is 2.18 bits per heavy atom. The highest BCUT2D eigenvalue weighted by Gasteiger charge is 2.05. The summed E-state index contributed by atoms with van der Waals surface area (Å²) in [5.74, 6) is 0. The number of hydrogen-bond donors (Lipinski definition) is 0. The van der Waals surface area contributed by atoms with Crippen LogP contribution in [0.25, 0.3) is 0 Å². The van der Waals surface area contributed by atoms with Crippen LogP contribution < -0.4 is 0 Å². The monoisotopic (exact) mass is 157 g/mol. The second-order valence-electron chi connectivity index (χ2n) is 2.65. The van der Waals surface area contributed by atoms with E-state index in [2.05, 4.69) is 13.8 Å². The quantitative estimate of drug-likeness (QED) is 0.565. The van der Waals surface area contributed by atoms with Crippen molar-refractivity contribution in [3.05, 3.63) is 0 Å². The second kappa shape index (κ2) is 7.73. The van der Waals surface area contributed by atoms with E-state index in [0.29, 0.717) is 0 Å². The SMILES string of the molecule is CCCC(CCC)OC[C]=O. The summed E-state index contributed by atoms with van der Waals surface area (Å²) in [6.45, 7) is 4.37. The maximum absolute atomic E-state index is 9.87. The topological polar surface area (TPSA) is 26.3 Å². The molecular weight excluding hydrogens is 140 g/mol. The molecule has 0 fully saturated rings. The predicted octanol–water partition coefficient (Wildman–Crippen LogP) is 2.08. The van der Waals surface area contributed by atoms with Crippen LogP contribution in [0.4, 0.5) is 0 Å². The molecule has 0 N–H and O–H groups in total. The van der Waals surface area contributed by atoms with Gasteiger partial charge in [0, 0.05) is 0 Å². The van der Waals surface area contributed by atoms with Crippen LogP contribution in [0.3, 0.4) is 0 Å². The molecule has 0 saturated carbocycles. The van der Waals surface area contributed by atoms with Gasteiger partial charge in [0.2, 0.25) is 6.29 Å². The van der Waals surface area contributed by atoms with Gasteiger partial charge in [-0.2, -0.15) is 0 Å². The van der Waals surface area contributed by atoms with Gasteiger partial charge >= 0.3 is 0 Å². The molecule has 2 heteroatoms. The van der Waals surface area contributed by atoms with Crippen molar-refractivity contribution in [1.29, 1.82) is 0 Å². The smallest absolute Gasteiger partial charge is 0.226 e. The highest BCUT2D eigenvalue weighted by Crippen LogP contribution is 2.08. The first-order chi connectivity index (χ1) is 5.35. The second-order valence-corrected chi connectivity index (χ2v) is 2.65. The zero-order chi connectivity index (χ0) is 8.53. The van der Waals surface area contributed by atoms with Gasteiger partial charge in [0.15, 0.2) is 0 Å². The molecule has 0 aromatic carbocycles. The van der Waals surface area contributed by atoms with E-state index >= 15 is 0 Å². The average molecular weight is 157 g/mol. The summed E-state index contributed by atoms with van der Waals surface area (Å²) in [6.07, 6.45) is 6.34. The van der Waals surface area contributed by atoms with E-state index in [4.69, 9.17) is 4.74 Å². The molecule has 0 heterocycles. The number of ether oxygens (including phenoxy) is 1. The molecule has 65 valence electrons. The van der Waals surface area contributed by atoms with Crippen LogP contribution in [-0.2, 0) is 9.53 Å². The summed E-state index contributed by atoms with van der Waals surface area (Å²) < 4.78 is 5.25. The van der Waals surface area contributed by atoms with Crippen molar-refractivity contribution in [3.8, 4) is 0 Å². The maximum Gasteiger partial charge on any atom is 0.226 e. The first kappa shape index (κ1) is 10.6. The van der Waals surface area contributed by atoms with Crippen molar-refractivity contribution in [2.24, 2.45) is 0 Å². The average Bonchev–Trinajstić information content (AvgIpc) is 2.01. The first-order valence-corrected chi connectivity index (χ1v) is 4.31. The van der Waals surface area contributed by atoms with Crippen LogP contribution in [0.1, 0.15) is 39.5 Å². The van der Waals surface area contributed by atoms with E-state index in [1.54, 1.807) is 6.29 Å². The fourth-order valence-corrected chi connectivity index (χ4v) is 1.11. The first-order valence-electron chi connectivity index (χ1n) is 4.31. The normalized spacial score (nSPS) is 10.5. The van der Waals surface area contributed by atoms with Gasteiger partial charge in [-0.1, -0.05) is 26.7 Å². The lowest BCUT2D eigenvalue weighted by Gasteiger charge is -2.13. The lowest BCUT2D eigenvalue weighted by atomic mass is 10.1. The molecule has 0 spiro atoms. The Bertz CT molecular complexity index is 85.6. The van der Waals surface area contributed by atoms with E-state index in [1.807, 2.05) is 0 Å². The number of carbonyl (C=O) groups excluding carboxylic acids is 1. The van der Waals surface area contributed by atoms with Crippen LogP contribution in [0.15, 0.2) is 0 Å². The Balaban J connectivity index is 3.41. The summed E-state index contributed by atoms with van der Waals surface area (Å²) in [5.41, 5.74) is 0. The molecule has 0 rings (SSSR count). The van der Waals surface area contributed by atoms with E-state index in [1.165, 1.54) is 0 Å². The van der Waals surface area contributed by atoms with Gasteiger partial charge < -0.3 is 4.74 Å². The molecule has 0 bridgehead atoms. The molecule has 0 aliphatic heterocycles. The highest BCUT2D eigenvalue weighted by atomic mass is 16.5. The Labute approximate surface area is 68.9 Å². The van der Waals surface area contributed by atoms with Gasteiger partial charge in [0.1, 0.15) is 6.61 Å². The van der Waals surface area contributed by atoms with Crippen molar-refractivity contribution in [2.75, 3.05) is 6.61 Å². The Hall–Kier alpha value is -0.370. The standard InChI is InChI=1S/C9H17O2/c1-3-5-9(6-4-2)11-8-7-10/h9H,3-6,8H2,1-2H3. The highest BCUT2D eigenvalue weighted by molar-refractivity contribution is 5.51. The van der Waals surface area contributed by atoms with Crippen LogP contribution >= 0.6 is 0 Å². The predicted molar refractivity (Wildman–Crippen MR) is 45.2 cm³/mol. The minimum absolute atomic E-state index is 0.130. The molecular formula is C9H17O2. The molecule has 0 atom stereocenters. The molecule has 11 heavy (non-hydrogen) atoms. The lowest BCUT2D eigenvalue weighted by molar-refractivity contribution is 0.0661. The van der Waals surface area contributed by atoms with Crippen LogP contribution in [0, 0.1) is 0 Å². The van der Waals surface area contributed by atoms with Crippen LogP contribution in [-0.4, -0.2) is 19.0 Å². The molecule has 2 nitrogen and oxygen atoms in total. The molecule has 0 aromatic rings. The zero-order valence-corrected chi connectivity index (χ0v) is 7.43. The Kier molecular flexibility index (Phi) is 7.47. The largest absolute Gasteiger partial charge is 0.370 e. The molecule has 1 radical (unpaired) electrons. The van der Waals surface area contributed by atoms with E-state index in [0.717, 1.165) is 25.7 Å². The molecule has 0 aliphatic rings. The zero-order valence-electron chi connectivity index (χ0n) is 7.43. The molecule has 0 aromatic heterocycles. The Morgan fingerprint density at radius 2 is 1.82 bits per heavy atom. The van der Waals surface area contributed by atoms with E-state index < -0.39 is 0 Å². The minimum atomic E-state index is 0.130. The summed E-state index contributed by atoms with van der Waals surface area (Å²) in [7, 11) is 0. The van der Waals surface area contributed by atoms with Crippen LogP contribution in [0.5, 0.6) is 0 Å². The summed E-state index contributed by atoms with van der Waals surface area (Å²) >= 11 is 0. The van der Waals surface area contributed by atoms with Crippen molar-refractivity contribution in [1.82, 2.24) is 0 Å². The third-order valence-corrected chi connectivity index (χ3v) is 1.60. The molecule has 0 saturated heterocycles. The van der Waals surface area contributed by atoms with Gasteiger partial charge in [-0.05, 0) is 12.8 Å².